The molecule has 3 aromatic rings. The average molecular weight is 344 g/mol. The number of carbonyl (C=O) groups is 1. The molecular formula is C23H24N2O. The van der Waals surface area contributed by atoms with Gasteiger partial charge in [-0.2, -0.15) is 5.10 Å². The molecule has 0 radical (unpaired) electrons. The van der Waals surface area contributed by atoms with Gasteiger partial charge < -0.3 is 0 Å². The van der Waals surface area contributed by atoms with E-state index in [1.807, 2.05) is 54.6 Å². The summed E-state index contributed by atoms with van der Waals surface area (Å²) in [5.41, 5.74) is 5.72. The molecule has 132 valence electrons. The van der Waals surface area contributed by atoms with Gasteiger partial charge in [0, 0.05) is 0 Å². The van der Waals surface area contributed by atoms with Gasteiger partial charge in [-0.15, -0.1) is 0 Å². The summed E-state index contributed by atoms with van der Waals surface area (Å²) in [6.45, 7) is 4.30. The van der Waals surface area contributed by atoms with E-state index in [4.69, 9.17) is 0 Å². The van der Waals surface area contributed by atoms with Crippen LogP contribution >= 0.6 is 0 Å². The second-order valence-electron chi connectivity index (χ2n) is 6.87. The van der Waals surface area contributed by atoms with Crippen molar-refractivity contribution in [1.82, 2.24) is 5.43 Å². The first-order chi connectivity index (χ1) is 12.6. The van der Waals surface area contributed by atoms with Crippen LogP contribution in [0.2, 0.25) is 0 Å². The molecule has 3 nitrogen and oxygen atoms in total. The van der Waals surface area contributed by atoms with E-state index in [1.165, 1.54) is 0 Å². The topological polar surface area (TPSA) is 41.5 Å². The lowest BCUT2D eigenvalue weighted by Gasteiger charge is -2.10. The Bertz CT molecular complexity index is 908. The summed E-state index contributed by atoms with van der Waals surface area (Å²) in [5.74, 6) is 0.363. The van der Waals surface area contributed by atoms with Gasteiger partial charge in [0.15, 0.2) is 0 Å². The van der Waals surface area contributed by atoms with Gasteiger partial charge in [0.2, 0.25) is 5.91 Å². The van der Waals surface area contributed by atoms with Crippen LogP contribution in [0.4, 0.5) is 0 Å². The van der Waals surface area contributed by atoms with Gasteiger partial charge in [-0.3, -0.25) is 4.79 Å². The lowest BCUT2D eigenvalue weighted by atomic mass is 10.0. The van der Waals surface area contributed by atoms with Crippen molar-refractivity contribution >= 4 is 22.4 Å². The predicted molar refractivity (Wildman–Crippen MR) is 108 cm³/mol. The van der Waals surface area contributed by atoms with E-state index in [0.29, 0.717) is 12.3 Å². The molecule has 3 rings (SSSR count). The molecule has 26 heavy (non-hydrogen) atoms. The zero-order valence-electron chi connectivity index (χ0n) is 15.3. The molecule has 0 spiro atoms. The Morgan fingerprint density at radius 3 is 2.38 bits per heavy atom. The van der Waals surface area contributed by atoms with Crippen molar-refractivity contribution in [3.8, 4) is 0 Å². The quantitative estimate of drug-likeness (QED) is 0.499. The molecule has 1 amide bonds. The average Bonchev–Trinajstić information content (AvgIpc) is 2.66. The fraction of sp³-hybridized carbons (Fsp3) is 0.217. The molecule has 0 atom stereocenters. The summed E-state index contributed by atoms with van der Waals surface area (Å²) in [6.07, 6.45) is 1.13. The van der Waals surface area contributed by atoms with Crippen molar-refractivity contribution < 1.29 is 4.79 Å². The van der Waals surface area contributed by atoms with Crippen molar-refractivity contribution in [2.24, 2.45) is 11.0 Å². The van der Waals surface area contributed by atoms with Crippen LogP contribution < -0.4 is 5.43 Å². The fourth-order valence-electron chi connectivity index (χ4n) is 3.03. The third-order valence-electron chi connectivity index (χ3n) is 4.26. The Morgan fingerprint density at radius 1 is 0.923 bits per heavy atom. The second kappa shape index (κ2) is 8.43. The van der Waals surface area contributed by atoms with Gasteiger partial charge in [0.1, 0.15) is 0 Å². The highest BCUT2D eigenvalue weighted by atomic mass is 16.2. The highest BCUT2D eigenvalue weighted by molar-refractivity contribution is 6.01. The smallest absolute Gasteiger partial charge is 0.244 e. The molecule has 0 unspecified atom stereocenters. The van der Waals surface area contributed by atoms with E-state index in [2.05, 4.69) is 42.6 Å². The number of benzene rings is 3. The summed E-state index contributed by atoms with van der Waals surface area (Å²) in [7, 11) is 0. The molecule has 3 heteroatoms. The van der Waals surface area contributed by atoms with Gasteiger partial charge >= 0.3 is 0 Å². The van der Waals surface area contributed by atoms with Crippen LogP contribution in [0, 0.1) is 5.92 Å². The molecule has 0 saturated heterocycles. The lowest BCUT2D eigenvalue weighted by molar-refractivity contribution is -0.120. The van der Waals surface area contributed by atoms with Crippen LogP contribution in [-0.2, 0) is 11.2 Å². The van der Waals surface area contributed by atoms with Crippen molar-refractivity contribution in [2.45, 2.75) is 26.7 Å². The van der Waals surface area contributed by atoms with Gasteiger partial charge in [0.05, 0.1) is 12.1 Å². The van der Waals surface area contributed by atoms with Gasteiger partial charge in [0.25, 0.3) is 0 Å². The minimum absolute atomic E-state index is 0.0986. The van der Waals surface area contributed by atoms with Crippen LogP contribution in [0.5, 0.6) is 0 Å². The maximum absolute atomic E-state index is 12.5. The summed E-state index contributed by atoms with van der Waals surface area (Å²) in [4.78, 5) is 12.5. The monoisotopic (exact) mass is 344 g/mol. The SMILES string of the molecule is CC(C)C/C(=N\NC(=O)Cc1cccc2ccccc12)c1ccccc1. The van der Waals surface area contributed by atoms with Crippen LogP contribution in [-0.4, -0.2) is 11.6 Å². The molecule has 0 aromatic heterocycles. The van der Waals surface area contributed by atoms with Crippen LogP contribution in [0.3, 0.4) is 0 Å². The Kier molecular flexibility index (Phi) is 5.80. The molecule has 0 aliphatic heterocycles. The first-order valence-corrected chi connectivity index (χ1v) is 9.01. The Morgan fingerprint density at radius 2 is 1.62 bits per heavy atom. The van der Waals surface area contributed by atoms with Gasteiger partial charge in [-0.05, 0) is 34.2 Å². The highest BCUT2D eigenvalue weighted by Crippen LogP contribution is 2.19. The number of carbonyl (C=O) groups excluding carboxylic acids is 1. The van der Waals surface area contributed by atoms with Crippen molar-refractivity contribution in [3.05, 3.63) is 83.9 Å². The first kappa shape index (κ1) is 17.9. The minimum Gasteiger partial charge on any atom is -0.273 e. The summed E-state index contributed by atoms with van der Waals surface area (Å²) in [6, 6.07) is 24.2. The van der Waals surface area contributed by atoms with E-state index in [0.717, 1.165) is 34.0 Å². The molecular weight excluding hydrogens is 320 g/mol. The minimum atomic E-state index is -0.0986. The standard InChI is InChI=1S/C23H24N2O/c1-17(2)15-22(19-10-4-3-5-11-19)24-25-23(26)16-20-13-8-12-18-9-6-7-14-21(18)20/h3-14,17H,15-16H2,1-2H3,(H,25,26)/b24-22+. The molecule has 0 fully saturated rings. The van der Waals surface area contributed by atoms with E-state index >= 15 is 0 Å². The van der Waals surface area contributed by atoms with Crippen molar-refractivity contribution in [3.63, 3.8) is 0 Å². The number of hydrazone groups is 1. The van der Waals surface area contributed by atoms with Gasteiger partial charge in [-0.25, -0.2) is 5.43 Å². The normalized spacial score (nSPS) is 11.7. The van der Waals surface area contributed by atoms with Crippen LogP contribution in [0.15, 0.2) is 77.9 Å². The fourth-order valence-corrected chi connectivity index (χ4v) is 3.03. The van der Waals surface area contributed by atoms with Gasteiger partial charge in [-0.1, -0.05) is 86.6 Å². The Labute approximate surface area is 154 Å². The number of amides is 1. The number of hydrogen-bond acceptors (Lipinski definition) is 2. The molecule has 0 aliphatic carbocycles. The maximum atomic E-state index is 12.5. The predicted octanol–water partition coefficient (Wildman–Crippen LogP) is 4.95. The van der Waals surface area contributed by atoms with E-state index < -0.39 is 0 Å². The zero-order valence-corrected chi connectivity index (χ0v) is 15.3. The summed E-state index contributed by atoms with van der Waals surface area (Å²) < 4.78 is 0. The highest BCUT2D eigenvalue weighted by Gasteiger charge is 2.09. The number of fused-ring (bicyclic) bond motifs is 1. The molecule has 1 N–H and O–H groups in total. The Balaban J connectivity index is 1.76. The lowest BCUT2D eigenvalue weighted by Crippen LogP contribution is -2.22. The number of nitrogens with zero attached hydrogens (tertiary/aromatic N) is 1. The van der Waals surface area contributed by atoms with Crippen molar-refractivity contribution in [1.29, 1.82) is 0 Å². The number of rotatable bonds is 6. The van der Waals surface area contributed by atoms with Crippen LogP contribution in [0.25, 0.3) is 10.8 Å². The van der Waals surface area contributed by atoms with Crippen LogP contribution in [0.1, 0.15) is 31.4 Å². The second-order valence-corrected chi connectivity index (χ2v) is 6.87. The maximum Gasteiger partial charge on any atom is 0.244 e. The largest absolute Gasteiger partial charge is 0.273 e. The van der Waals surface area contributed by atoms with E-state index in [9.17, 15) is 4.79 Å². The molecule has 0 heterocycles. The molecule has 0 aliphatic rings. The third-order valence-corrected chi connectivity index (χ3v) is 4.26. The number of hydrogen-bond donors (Lipinski definition) is 1. The zero-order chi connectivity index (χ0) is 18.4. The van der Waals surface area contributed by atoms with E-state index in [1.54, 1.807) is 0 Å². The molecule has 0 saturated carbocycles. The number of nitrogens with one attached hydrogen (secondary N) is 1. The molecule has 0 bridgehead atoms. The summed E-state index contributed by atoms with van der Waals surface area (Å²) in [5, 5.41) is 6.68. The molecule has 3 aromatic carbocycles. The third kappa shape index (κ3) is 4.57. The van der Waals surface area contributed by atoms with Crippen molar-refractivity contribution in [2.75, 3.05) is 0 Å². The Hall–Kier alpha value is -2.94. The summed E-state index contributed by atoms with van der Waals surface area (Å²) >= 11 is 0. The van der Waals surface area contributed by atoms with E-state index in [-0.39, 0.29) is 5.91 Å². The first-order valence-electron chi connectivity index (χ1n) is 9.01.